The number of hydrogen-bond acceptors (Lipinski definition) is 4. The molecule has 5 heteroatoms. The standard InChI is InChI=1S/C15H15NO4/c17-8-7-11-1-5-14(6-2-11)20-10-13-4-3-12(9-16-13)15(18)19/h1-6,9,17H,7-8,10H2,(H,18,19). The first kappa shape index (κ1) is 14.0. The quantitative estimate of drug-likeness (QED) is 0.840. The van der Waals surface area contributed by atoms with Gasteiger partial charge in [0.1, 0.15) is 12.4 Å². The van der Waals surface area contributed by atoms with Gasteiger partial charge < -0.3 is 14.9 Å². The maximum absolute atomic E-state index is 10.7. The third-order valence-electron chi connectivity index (χ3n) is 2.78. The Morgan fingerprint density at radius 2 is 1.90 bits per heavy atom. The van der Waals surface area contributed by atoms with E-state index >= 15 is 0 Å². The van der Waals surface area contributed by atoms with Crippen LogP contribution in [0.3, 0.4) is 0 Å². The molecular weight excluding hydrogens is 258 g/mol. The lowest BCUT2D eigenvalue weighted by Crippen LogP contribution is -2.01. The number of ether oxygens (including phenoxy) is 1. The number of aromatic carboxylic acids is 1. The molecule has 0 bridgehead atoms. The fourth-order valence-corrected chi connectivity index (χ4v) is 1.68. The van der Waals surface area contributed by atoms with Crippen molar-refractivity contribution in [3.63, 3.8) is 0 Å². The maximum Gasteiger partial charge on any atom is 0.337 e. The predicted molar refractivity (Wildman–Crippen MR) is 72.8 cm³/mol. The number of aliphatic hydroxyl groups excluding tert-OH is 1. The summed E-state index contributed by atoms with van der Waals surface area (Å²) in [7, 11) is 0. The normalized spacial score (nSPS) is 10.2. The molecule has 104 valence electrons. The van der Waals surface area contributed by atoms with Crippen molar-refractivity contribution in [3.05, 3.63) is 59.4 Å². The molecule has 20 heavy (non-hydrogen) atoms. The number of benzene rings is 1. The monoisotopic (exact) mass is 273 g/mol. The molecule has 0 fully saturated rings. The van der Waals surface area contributed by atoms with Gasteiger partial charge in [-0.05, 0) is 36.2 Å². The van der Waals surface area contributed by atoms with Gasteiger partial charge in [0.05, 0.1) is 11.3 Å². The highest BCUT2D eigenvalue weighted by atomic mass is 16.5. The third-order valence-corrected chi connectivity index (χ3v) is 2.78. The molecule has 1 heterocycles. The third kappa shape index (κ3) is 3.80. The van der Waals surface area contributed by atoms with Crippen LogP contribution in [0.5, 0.6) is 5.75 Å². The van der Waals surface area contributed by atoms with Crippen LogP contribution in [0.2, 0.25) is 0 Å². The average molecular weight is 273 g/mol. The van der Waals surface area contributed by atoms with E-state index in [1.807, 2.05) is 24.3 Å². The Morgan fingerprint density at radius 1 is 1.15 bits per heavy atom. The topological polar surface area (TPSA) is 79.7 Å². The molecule has 2 aromatic rings. The smallest absolute Gasteiger partial charge is 0.337 e. The Kier molecular flexibility index (Phi) is 4.68. The number of rotatable bonds is 6. The van der Waals surface area contributed by atoms with Gasteiger partial charge in [-0.1, -0.05) is 12.1 Å². The van der Waals surface area contributed by atoms with Gasteiger partial charge in [-0.25, -0.2) is 4.79 Å². The van der Waals surface area contributed by atoms with Crippen LogP contribution in [0.15, 0.2) is 42.6 Å². The number of carboxylic acids is 1. The lowest BCUT2D eigenvalue weighted by molar-refractivity contribution is 0.0696. The first-order valence-electron chi connectivity index (χ1n) is 6.20. The van der Waals surface area contributed by atoms with Crippen molar-refractivity contribution < 1.29 is 19.7 Å². The summed E-state index contributed by atoms with van der Waals surface area (Å²) < 4.78 is 5.55. The Balaban J connectivity index is 1.92. The molecule has 0 saturated carbocycles. The number of pyridine rings is 1. The number of carboxylic acid groups (broad SMARTS) is 1. The number of aliphatic hydroxyl groups is 1. The Hall–Kier alpha value is -2.40. The zero-order valence-electron chi connectivity index (χ0n) is 10.8. The molecule has 0 unspecified atom stereocenters. The van der Waals surface area contributed by atoms with Crippen molar-refractivity contribution in [2.75, 3.05) is 6.61 Å². The molecule has 0 aliphatic rings. The van der Waals surface area contributed by atoms with Crippen LogP contribution in [-0.4, -0.2) is 27.8 Å². The first-order chi connectivity index (χ1) is 9.69. The number of nitrogens with zero attached hydrogens (tertiary/aromatic N) is 1. The molecule has 0 spiro atoms. The van der Waals surface area contributed by atoms with E-state index in [1.54, 1.807) is 6.07 Å². The van der Waals surface area contributed by atoms with E-state index < -0.39 is 5.97 Å². The van der Waals surface area contributed by atoms with Gasteiger partial charge in [-0.15, -0.1) is 0 Å². The number of carbonyl (C=O) groups is 1. The van der Waals surface area contributed by atoms with E-state index in [0.29, 0.717) is 17.9 Å². The van der Waals surface area contributed by atoms with Crippen LogP contribution in [0.1, 0.15) is 21.6 Å². The molecule has 2 rings (SSSR count). The first-order valence-corrected chi connectivity index (χ1v) is 6.20. The second-order valence-corrected chi connectivity index (χ2v) is 4.25. The molecule has 0 atom stereocenters. The largest absolute Gasteiger partial charge is 0.487 e. The fourth-order valence-electron chi connectivity index (χ4n) is 1.68. The molecule has 1 aromatic carbocycles. The van der Waals surface area contributed by atoms with Crippen LogP contribution in [0.4, 0.5) is 0 Å². The van der Waals surface area contributed by atoms with E-state index in [1.165, 1.54) is 12.3 Å². The SMILES string of the molecule is O=C(O)c1ccc(COc2ccc(CCO)cc2)nc1. The summed E-state index contributed by atoms with van der Waals surface area (Å²) in [6.07, 6.45) is 1.93. The van der Waals surface area contributed by atoms with Gasteiger partial charge in [0.2, 0.25) is 0 Å². The van der Waals surface area contributed by atoms with Gasteiger partial charge >= 0.3 is 5.97 Å². The van der Waals surface area contributed by atoms with E-state index in [2.05, 4.69) is 4.98 Å². The molecule has 0 radical (unpaired) electrons. The Bertz CT molecular complexity index is 563. The minimum atomic E-state index is -0.996. The van der Waals surface area contributed by atoms with Gasteiger partial charge in [-0.3, -0.25) is 4.98 Å². The molecule has 5 nitrogen and oxygen atoms in total. The summed E-state index contributed by atoms with van der Waals surface area (Å²) >= 11 is 0. The van der Waals surface area contributed by atoms with Crippen molar-refractivity contribution >= 4 is 5.97 Å². The van der Waals surface area contributed by atoms with Gasteiger partial charge in [0, 0.05) is 12.8 Å². The van der Waals surface area contributed by atoms with E-state index in [-0.39, 0.29) is 18.8 Å². The number of hydrogen-bond donors (Lipinski definition) is 2. The molecular formula is C15H15NO4. The highest BCUT2D eigenvalue weighted by molar-refractivity contribution is 5.87. The van der Waals surface area contributed by atoms with E-state index in [4.69, 9.17) is 14.9 Å². The van der Waals surface area contributed by atoms with Crippen LogP contribution >= 0.6 is 0 Å². The van der Waals surface area contributed by atoms with Gasteiger partial charge in [0.25, 0.3) is 0 Å². The Labute approximate surface area is 116 Å². The predicted octanol–water partition coefficient (Wildman–Crippen LogP) is 1.89. The summed E-state index contributed by atoms with van der Waals surface area (Å²) in [5.74, 6) is -0.291. The summed E-state index contributed by atoms with van der Waals surface area (Å²) in [5, 5.41) is 17.6. The minimum Gasteiger partial charge on any atom is -0.487 e. The lowest BCUT2D eigenvalue weighted by Gasteiger charge is -2.06. The molecule has 0 aliphatic carbocycles. The highest BCUT2D eigenvalue weighted by Crippen LogP contribution is 2.14. The molecule has 0 aliphatic heterocycles. The summed E-state index contributed by atoms with van der Waals surface area (Å²) in [5.41, 5.74) is 1.86. The second kappa shape index (κ2) is 6.68. The number of aromatic nitrogens is 1. The molecule has 2 N–H and O–H groups in total. The summed E-state index contributed by atoms with van der Waals surface area (Å²) in [4.78, 5) is 14.7. The highest BCUT2D eigenvalue weighted by Gasteiger charge is 2.03. The molecule has 1 aromatic heterocycles. The zero-order valence-corrected chi connectivity index (χ0v) is 10.8. The fraction of sp³-hybridized carbons (Fsp3) is 0.200. The van der Waals surface area contributed by atoms with Crippen LogP contribution in [0.25, 0.3) is 0 Å². The van der Waals surface area contributed by atoms with E-state index in [9.17, 15) is 4.79 Å². The van der Waals surface area contributed by atoms with Gasteiger partial charge in [0.15, 0.2) is 0 Å². The van der Waals surface area contributed by atoms with Gasteiger partial charge in [-0.2, -0.15) is 0 Å². The maximum atomic E-state index is 10.7. The van der Waals surface area contributed by atoms with Crippen molar-refractivity contribution in [3.8, 4) is 5.75 Å². The van der Waals surface area contributed by atoms with Crippen molar-refractivity contribution in [2.45, 2.75) is 13.0 Å². The minimum absolute atomic E-state index is 0.125. The summed E-state index contributed by atoms with van der Waals surface area (Å²) in [6, 6.07) is 10.6. The van der Waals surface area contributed by atoms with Crippen molar-refractivity contribution in [1.82, 2.24) is 4.98 Å². The van der Waals surface area contributed by atoms with Crippen LogP contribution in [-0.2, 0) is 13.0 Å². The van der Waals surface area contributed by atoms with Crippen molar-refractivity contribution in [1.29, 1.82) is 0 Å². The summed E-state index contributed by atoms with van der Waals surface area (Å²) in [6.45, 7) is 0.402. The van der Waals surface area contributed by atoms with Crippen LogP contribution in [0, 0.1) is 0 Å². The lowest BCUT2D eigenvalue weighted by atomic mass is 10.1. The molecule has 0 saturated heterocycles. The second-order valence-electron chi connectivity index (χ2n) is 4.25. The Morgan fingerprint density at radius 3 is 2.45 bits per heavy atom. The molecule has 0 amide bonds. The average Bonchev–Trinajstić information content (AvgIpc) is 2.47. The van der Waals surface area contributed by atoms with E-state index in [0.717, 1.165) is 5.56 Å². The van der Waals surface area contributed by atoms with Crippen LogP contribution < -0.4 is 4.74 Å². The van der Waals surface area contributed by atoms with Crippen molar-refractivity contribution in [2.24, 2.45) is 0 Å². The zero-order chi connectivity index (χ0) is 14.4.